The minimum absolute atomic E-state index is 0.159. The first kappa shape index (κ1) is 13.5. The Hall–Kier alpha value is -0.970. The molecule has 1 aliphatic heterocycles. The molecule has 0 radical (unpaired) electrons. The third kappa shape index (κ3) is 4.05. The molecule has 0 bridgehead atoms. The maximum absolute atomic E-state index is 13.1. The SMILES string of the molecule is NCCOC1CCN(Cc2cccc(F)c2)CC1. The van der Waals surface area contributed by atoms with Gasteiger partial charge < -0.3 is 10.5 Å². The lowest BCUT2D eigenvalue weighted by Crippen LogP contribution is -2.37. The Kier molecular flexibility index (Phi) is 5.11. The van der Waals surface area contributed by atoms with E-state index in [1.807, 2.05) is 6.07 Å². The van der Waals surface area contributed by atoms with E-state index in [4.69, 9.17) is 10.5 Å². The fourth-order valence-electron chi connectivity index (χ4n) is 2.36. The standard InChI is InChI=1S/C14H21FN2O/c15-13-3-1-2-12(10-13)11-17-7-4-14(5-8-17)18-9-6-16/h1-3,10,14H,4-9,11,16H2. The number of rotatable bonds is 5. The molecule has 1 saturated heterocycles. The lowest BCUT2D eigenvalue weighted by atomic mass is 10.1. The molecule has 4 heteroatoms. The van der Waals surface area contributed by atoms with Crippen LogP contribution in [-0.4, -0.2) is 37.2 Å². The van der Waals surface area contributed by atoms with E-state index in [-0.39, 0.29) is 5.82 Å². The Balaban J connectivity index is 1.76. The quantitative estimate of drug-likeness (QED) is 0.868. The average Bonchev–Trinajstić information content (AvgIpc) is 2.38. The van der Waals surface area contributed by atoms with E-state index in [1.54, 1.807) is 12.1 Å². The van der Waals surface area contributed by atoms with E-state index >= 15 is 0 Å². The minimum atomic E-state index is -0.159. The summed E-state index contributed by atoms with van der Waals surface area (Å²) in [7, 11) is 0. The third-order valence-electron chi connectivity index (χ3n) is 3.30. The average molecular weight is 252 g/mol. The third-order valence-corrected chi connectivity index (χ3v) is 3.30. The zero-order valence-electron chi connectivity index (χ0n) is 10.6. The van der Waals surface area contributed by atoms with Gasteiger partial charge in [0.1, 0.15) is 5.82 Å². The molecular formula is C14H21FN2O. The van der Waals surface area contributed by atoms with Gasteiger partial charge in [0.2, 0.25) is 0 Å². The van der Waals surface area contributed by atoms with E-state index in [1.165, 1.54) is 6.07 Å². The molecule has 0 aromatic heterocycles. The van der Waals surface area contributed by atoms with Crippen LogP contribution in [0.1, 0.15) is 18.4 Å². The van der Waals surface area contributed by atoms with Crippen molar-refractivity contribution in [2.24, 2.45) is 5.73 Å². The number of hydrogen-bond acceptors (Lipinski definition) is 3. The smallest absolute Gasteiger partial charge is 0.123 e. The molecule has 1 heterocycles. The highest BCUT2D eigenvalue weighted by atomic mass is 19.1. The highest BCUT2D eigenvalue weighted by Crippen LogP contribution is 2.16. The van der Waals surface area contributed by atoms with Crippen molar-refractivity contribution in [3.8, 4) is 0 Å². The molecule has 0 unspecified atom stereocenters. The van der Waals surface area contributed by atoms with Gasteiger partial charge in [0.05, 0.1) is 12.7 Å². The number of benzene rings is 1. The second kappa shape index (κ2) is 6.83. The van der Waals surface area contributed by atoms with Crippen molar-refractivity contribution in [2.75, 3.05) is 26.2 Å². The van der Waals surface area contributed by atoms with Gasteiger partial charge in [-0.05, 0) is 30.5 Å². The number of piperidine rings is 1. The van der Waals surface area contributed by atoms with Crippen LogP contribution in [0.15, 0.2) is 24.3 Å². The second-order valence-electron chi connectivity index (χ2n) is 4.76. The van der Waals surface area contributed by atoms with Crippen LogP contribution in [0.25, 0.3) is 0 Å². The number of hydrogen-bond donors (Lipinski definition) is 1. The fourth-order valence-corrected chi connectivity index (χ4v) is 2.36. The van der Waals surface area contributed by atoms with Gasteiger partial charge in [-0.2, -0.15) is 0 Å². The van der Waals surface area contributed by atoms with Crippen LogP contribution in [0.5, 0.6) is 0 Å². The summed E-state index contributed by atoms with van der Waals surface area (Å²) in [5.41, 5.74) is 6.46. The first-order valence-electron chi connectivity index (χ1n) is 6.56. The highest BCUT2D eigenvalue weighted by Gasteiger charge is 2.19. The van der Waals surface area contributed by atoms with Gasteiger partial charge in [-0.15, -0.1) is 0 Å². The van der Waals surface area contributed by atoms with Crippen molar-refractivity contribution < 1.29 is 9.13 Å². The largest absolute Gasteiger partial charge is 0.377 e. The van der Waals surface area contributed by atoms with Crippen molar-refractivity contribution in [1.29, 1.82) is 0 Å². The Labute approximate surface area is 108 Å². The maximum Gasteiger partial charge on any atom is 0.123 e. The summed E-state index contributed by atoms with van der Waals surface area (Å²) in [5.74, 6) is -0.159. The topological polar surface area (TPSA) is 38.5 Å². The molecule has 1 fully saturated rings. The van der Waals surface area contributed by atoms with Crippen LogP contribution in [-0.2, 0) is 11.3 Å². The molecule has 0 atom stereocenters. The molecule has 18 heavy (non-hydrogen) atoms. The van der Waals surface area contributed by atoms with Crippen LogP contribution in [0.2, 0.25) is 0 Å². The van der Waals surface area contributed by atoms with Gasteiger partial charge in [-0.1, -0.05) is 12.1 Å². The van der Waals surface area contributed by atoms with Crippen LogP contribution in [0.4, 0.5) is 4.39 Å². The molecule has 1 aromatic rings. The van der Waals surface area contributed by atoms with E-state index < -0.39 is 0 Å². The Morgan fingerprint density at radius 3 is 2.78 bits per heavy atom. The lowest BCUT2D eigenvalue weighted by Gasteiger charge is -2.31. The van der Waals surface area contributed by atoms with Crippen LogP contribution in [0.3, 0.4) is 0 Å². The summed E-state index contributed by atoms with van der Waals surface area (Å²) >= 11 is 0. The van der Waals surface area contributed by atoms with E-state index in [9.17, 15) is 4.39 Å². The zero-order chi connectivity index (χ0) is 12.8. The zero-order valence-corrected chi connectivity index (χ0v) is 10.6. The lowest BCUT2D eigenvalue weighted by molar-refractivity contribution is 0.00977. The van der Waals surface area contributed by atoms with Gasteiger partial charge in [0.15, 0.2) is 0 Å². The van der Waals surface area contributed by atoms with E-state index in [0.29, 0.717) is 19.3 Å². The number of ether oxygens (including phenoxy) is 1. The summed E-state index contributed by atoms with van der Waals surface area (Å²) < 4.78 is 18.7. The van der Waals surface area contributed by atoms with Crippen molar-refractivity contribution in [3.05, 3.63) is 35.6 Å². The second-order valence-corrected chi connectivity index (χ2v) is 4.76. The Bertz CT molecular complexity index is 365. The molecule has 2 rings (SSSR count). The molecule has 1 aromatic carbocycles. The maximum atomic E-state index is 13.1. The predicted octanol–water partition coefficient (Wildman–Crippen LogP) is 1.77. The predicted molar refractivity (Wildman–Crippen MR) is 69.7 cm³/mol. The van der Waals surface area contributed by atoms with Crippen molar-refractivity contribution in [3.63, 3.8) is 0 Å². The molecule has 0 aliphatic carbocycles. The number of nitrogens with two attached hydrogens (primary N) is 1. The number of nitrogens with zero attached hydrogens (tertiary/aromatic N) is 1. The van der Waals surface area contributed by atoms with Gasteiger partial charge in [-0.3, -0.25) is 4.90 Å². The summed E-state index contributed by atoms with van der Waals surface area (Å²) in [5, 5.41) is 0. The fraction of sp³-hybridized carbons (Fsp3) is 0.571. The van der Waals surface area contributed by atoms with Gasteiger partial charge in [0.25, 0.3) is 0 Å². The number of halogens is 1. The van der Waals surface area contributed by atoms with Crippen molar-refractivity contribution >= 4 is 0 Å². The molecule has 0 saturated carbocycles. The highest BCUT2D eigenvalue weighted by molar-refractivity contribution is 5.16. The molecule has 2 N–H and O–H groups in total. The van der Waals surface area contributed by atoms with Gasteiger partial charge >= 0.3 is 0 Å². The Morgan fingerprint density at radius 2 is 2.11 bits per heavy atom. The minimum Gasteiger partial charge on any atom is -0.377 e. The van der Waals surface area contributed by atoms with Gasteiger partial charge in [0, 0.05) is 26.2 Å². The molecule has 0 amide bonds. The summed E-state index contributed by atoms with van der Waals surface area (Å²) in [6, 6.07) is 6.83. The van der Waals surface area contributed by atoms with Crippen LogP contribution >= 0.6 is 0 Å². The molecule has 1 aliphatic rings. The number of likely N-dealkylation sites (tertiary alicyclic amines) is 1. The Morgan fingerprint density at radius 1 is 1.33 bits per heavy atom. The summed E-state index contributed by atoms with van der Waals surface area (Å²) in [6.07, 6.45) is 2.42. The van der Waals surface area contributed by atoms with Crippen LogP contribution < -0.4 is 5.73 Å². The van der Waals surface area contributed by atoms with Gasteiger partial charge in [-0.25, -0.2) is 4.39 Å². The molecule has 3 nitrogen and oxygen atoms in total. The normalized spacial score (nSPS) is 18.1. The summed E-state index contributed by atoms with van der Waals surface area (Å²) in [4.78, 5) is 2.34. The molecule has 0 spiro atoms. The molecule has 100 valence electrons. The first-order chi connectivity index (χ1) is 8.78. The van der Waals surface area contributed by atoms with E-state index in [2.05, 4.69) is 4.90 Å². The van der Waals surface area contributed by atoms with Crippen molar-refractivity contribution in [1.82, 2.24) is 4.90 Å². The van der Waals surface area contributed by atoms with E-state index in [0.717, 1.165) is 38.0 Å². The van der Waals surface area contributed by atoms with Crippen LogP contribution in [0, 0.1) is 5.82 Å². The monoisotopic (exact) mass is 252 g/mol. The first-order valence-corrected chi connectivity index (χ1v) is 6.56. The molecular weight excluding hydrogens is 231 g/mol. The van der Waals surface area contributed by atoms with Crippen molar-refractivity contribution in [2.45, 2.75) is 25.5 Å². The summed E-state index contributed by atoms with van der Waals surface area (Å²) in [6.45, 7) is 4.07.